The average Bonchev–Trinajstić information content (AvgIpc) is 2.73. The van der Waals surface area contributed by atoms with Crippen molar-refractivity contribution in [2.75, 3.05) is 25.4 Å². The fourth-order valence-electron chi connectivity index (χ4n) is 2.81. The van der Waals surface area contributed by atoms with E-state index >= 15 is 0 Å². The molecule has 2 nitrogen and oxygen atoms in total. The Bertz CT molecular complexity index is 204. The Kier molecular flexibility index (Phi) is 4.98. The maximum absolute atomic E-state index is 3.77. The molecule has 2 aliphatic rings. The number of hydrogen-bond donors (Lipinski definition) is 1. The SMILES string of the molecule is CC1SCCC1NCC(C)N1CCCCC1. The first-order valence-electron chi connectivity index (χ1n) is 6.86. The van der Waals surface area contributed by atoms with Crippen LogP contribution in [-0.4, -0.2) is 47.6 Å². The normalized spacial score (nSPS) is 34.1. The summed E-state index contributed by atoms with van der Waals surface area (Å²) in [4.78, 5) is 2.66. The topological polar surface area (TPSA) is 15.3 Å². The van der Waals surface area contributed by atoms with Crippen molar-refractivity contribution in [3.63, 3.8) is 0 Å². The Balaban J connectivity index is 1.68. The number of piperidine rings is 1. The van der Waals surface area contributed by atoms with Crippen LogP contribution in [0.5, 0.6) is 0 Å². The van der Waals surface area contributed by atoms with E-state index in [1.165, 1.54) is 51.1 Å². The standard InChI is InChI=1S/C13H26N2S/c1-11(15-7-4-3-5-8-15)10-14-13-6-9-16-12(13)2/h11-14H,3-10H2,1-2H3. The van der Waals surface area contributed by atoms with Crippen LogP contribution in [0.1, 0.15) is 39.5 Å². The Morgan fingerprint density at radius 2 is 2.06 bits per heavy atom. The Morgan fingerprint density at radius 1 is 1.31 bits per heavy atom. The molecule has 0 amide bonds. The predicted molar refractivity (Wildman–Crippen MR) is 73.2 cm³/mol. The van der Waals surface area contributed by atoms with E-state index in [4.69, 9.17) is 0 Å². The van der Waals surface area contributed by atoms with Crippen LogP contribution in [-0.2, 0) is 0 Å². The van der Waals surface area contributed by atoms with Crippen LogP contribution in [0, 0.1) is 0 Å². The smallest absolute Gasteiger partial charge is 0.0192 e. The van der Waals surface area contributed by atoms with Crippen molar-refractivity contribution in [1.82, 2.24) is 10.2 Å². The third-order valence-corrected chi connectivity index (χ3v) is 5.39. The molecule has 0 aromatic rings. The van der Waals surface area contributed by atoms with E-state index < -0.39 is 0 Å². The monoisotopic (exact) mass is 242 g/mol. The lowest BCUT2D eigenvalue weighted by molar-refractivity contribution is 0.168. The molecule has 2 rings (SSSR count). The maximum Gasteiger partial charge on any atom is 0.0192 e. The fourth-order valence-corrected chi connectivity index (χ4v) is 4.04. The molecule has 2 heterocycles. The van der Waals surface area contributed by atoms with Gasteiger partial charge in [-0.05, 0) is 45.0 Å². The molecule has 0 aromatic heterocycles. The van der Waals surface area contributed by atoms with Gasteiger partial charge in [-0.1, -0.05) is 13.3 Å². The van der Waals surface area contributed by atoms with Crippen molar-refractivity contribution in [1.29, 1.82) is 0 Å². The molecule has 94 valence electrons. The van der Waals surface area contributed by atoms with E-state index in [0.29, 0.717) is 0 Å². The molecule has 3 unspecified atom stereocenters. The van der Waals surface area contributed by atoms with Gasteiger partial charge in [0.1, 0.15) is 0 Å². The summed E-state index contributed by atoms with van der Waals surface area (Å²) in [5.41, 5.74) is 0. The Labute approximate surface area is 105 Å². The van der Waals surface area contributed by atoms with Gasteiger partial charge in [0, 0.05) is 23.9 Å². The van der Waals surface area contributed by atoms with Crippen molar-refractivity contribution in [2.24, 2.45) is 0 Å². The minimum atomic E-state index is 0.720. The first kappa shape index (κ1) is 12.7. The van der Waals surface area contributed by atoms with Crippen molar-refractivity contribution in [2.45, 2.75) is 56.9 Å². The molecule has 3 atom stereocenters. The summed E-state index contributed by atoms with van der Waals surface area (Å²) >= 11 is 2.12. The van der Waals surface area contributed by atoms with E-state index in [-0.39, 0.29) is 0 Å². The van der Waals surface area contributed by atoms with Crippen LogP contribution >= 0.6 is 11.8 Å². The summed E-state index contributed by atoms with van der Waals surface area (Å²) in [7, 11) is 0. The summed E-state index contributed by atoms with van der Waals surface area (Å²) in [6.07, 6.45) is 5.60. The zero-order chi connectivity index (χ0) is 11.4. The minimum Gasteiger partial charge on any atom is -0.311 e. The van der Waals surface area contributed by atoms with Gasteiger partial charge in [0.25, 0.3) is 0 Å². The lowest BCUT2D eigenvalue weighted by atomic mass is 10.1. The molecular weight excluding hydrogens is 216 g/mol. The van der Waals surface area contributed by atoms with Crippen molar-refractivity contribution in [3.8, 4) is 0 Å². The highest BCUT2D eigenvalue weighted by Crippen LogP contribution is 2.26. The van der Waals surface area contributed by atoms with Crippen LogP contribution in [0.2, 0.25) is 0 Å². The Hall–Kier alpha value is 0.270. The highest BCUT2D eigenvalue weighted by molar-refractivity contribution is 8.00. The largest absolute Gasteiger partial charge is 0.311 e. The van der Waals surface area contributed by atoms with Gasteiger partial charge in [0.05, 0.1) is 0 Å². The summed E-state index contributed by atoms with van der Waals surface area (Å²) in [5.74, 6) is 1.34. The quantitative estimate of drug-likeness (QED) is 0.814. The van der Waals surface area contributed by atoms with Crippen LogP contribution in [0.15, 0.2) is 0 Å². The summed E-state index contributed by atoms with van der Waals surface area (Å²) in [6.45, 7) is 8.55. The minimum absolute atomic E-state index is 0.720. The zero-order valence-electron chi connectivity index (χ0n) is 10.7. The van der Waals surface area contributed by atoms with Crippen LogP contribution in [0.25, 0.3) is 0 Å². The first-order chi connectivity index (χ1) is 7.77. The van der Waals surface area contributed by atoms with Crippen molar-refractivity contribution in [3.05, 3.63) is 0 Å². The fraction of sp³-hybridized carbons (Fsp3) is 1.00. The van der Waals surface area contributed by atoms with E-state index in [9.17, 15) is 0 Å². The summed E-state index contributed by atoms with van der Waals surface area (Å²) in [6, 6.07) is 1.48. The van der Waals surface area contributed by atoms with Crippen LogP contribution in [0.4, 0.5) is 0 Å². The van der Waals surface area contributed by atoms with Gasteiger partial charge in [-0.25, -0.2) is 0 Å². The number of hydrogen-bond acceptors (Lipinski definition) is 3. The molecule has 0 spiro atoms. The lowest BCUT2D eigenvalue weighted by Crippen LogP contribution is -2.46. The van der Waals surface area contributed by atoms with E-state index in [0.717, 1.165) is 17.3 Å². The van der Waals surface area contributed by atoms with Gasteiger partial charge < -0.3 is 5.32 Å². The van der Waals surface area contributed by atoms with E-state index in [1.807, 2.05) is 0 Å². The lowest BCUT2D eigenvalue weighted by Gasteiger charge is -2.33. The Morgan fingerprint density at radius 3 is 2.69 bits per heavy atom. The van der Waals surface area contributed by atoms with Gasteiger partial charge in [-0.15, -0.1) is 0 Å². The number of rotatable bonds is 4. The molecule has 0 saturated carbocycles. The molecule has 1 N–H and O–H groups in total. The number of thioether (sulfide) groups is 1. The van der Waals surface area contributed by atoms with Gasteiger partial charge in [-0.2, -0.15) is 11.8 Å². The summed E-state index contributed by atoms with van der Waals surface area (Å²) < 4.78 is 0. The highest BCUT2D eigenvalue weighted by Gasteiger charge is 2.24. The van der Waals surface area contributed by atoms with Crippen LogP contribution < -0.4 is 5.32 Å². The first-order valence-corrected chi connectivity index (χ1v) is 7.91. The van der Waals surface area contributed by atoms with Crippen LogP contribution in [0.3, 0.4) is 0 Å². The van der Waals surface area contributed by atoms with Gasteiger partial charge in [-0.3, -0.25) is 4.90 Å². The average molecular weight is 242 g/mol. The van der Waals surface area contributed by atoms with Gasteiger partial charge in [0.2, 0.25) is 0 Å². The molecule has 2 fully saturated rings. The van der Waals surface area contributed by atoms with Crippen molar-refractivity contribution >= 4 is 11.8 Å². The second kappa shape index (κ2) is 6.27. The van der Waals surface area contributed by atoms with Crippen molar-refractivity contribution < 1.29 is 0 Å². The summed E-state index contributed by atoms with van der Waals surface area (Å²) in [5, 5.41) is 4.58. The molecule has 0 bridgehead atoms. The maximum atomic E-state index is 3.77. The molecule has 2 saturated heterocycles. The number of likely N-dealkylation sites (tertiary alicyclic amines) is 1. The highest BCUT2D eigenvalue weighted by atomic mass is 32.2. The predicted octanol–water partition coefficient (Wildman–Crippen LogP) is 2.34. The molecule has 2 aliphatic heterocycles. The number of nitrogens with one attached hydrogen (secondary N) is 1. The van der Waals surface area contributed by atoms with Gasteiger partial charge in [0.15, 0.2) is 0 Å². The molecule has 0 radical (unpaired) electrons. The molecule has 3 heteroatoms. The third-order valence-electron chi connectivity index (χ3n) is 4.07. The third kappa shape index (κ3) is 3.38. The van der Waals surface area contributed by atoms with E-state index in [2.05, 4.69) is 35.8 Å². The second-order valence-electron chi connectivity index (χ2n) is 5.32. The van der Waals surface area contributed by atoms with E-state index in [1.54, 1.807) is 0 Å². The molecular formula is C13H26N2S. The molecule has 0 aromatic carbocycles. The second-order valence-corrected chi connectivity index (χ2v) is 6.81. The number of nitrogens with zero attached hydrogens (tertiary/aromatic N) is 1. The molecule has 0 aliphatic carbocycles. The molecule has 16 heavy (non-hydrogen) atoms. The van der Waals surface area contributed by atoms with Gasteiger partial charge >= 0.3 is 0 Å². The zero-order valence-corrected chi connectivity index (χ0v) is 11.6.